The van der Waals surface area contributed by atoms with Crippen molar-refractivity contribution in [2.45, 2.75) is 33.3 Å². The molecule has 0 atom stereocenters. The third-order valence-electron chi connectivity index (χ3n) is 4.72. The van der Waals surface area contributed by atoms with Crippen molar-refractivity contribution >= 4 is 17.4 Å². The summed E-state index contributed by atoms with van der Waals surface area (Å²) >= 11 is 0. The number of ketones is 1. The fourth-order valence-electron chi connectivity index (χ4n) is 3.15. The molecule has 0 aromatic heterocycles. The molecule has 2 aromatic carbocycles. The summed E-state index contributed by atoms with van der Waals surface area (Å²) in [7, 11) is 4.12. The number of carbonyl (C=O) groups is 2. The standard InChI is InChI=1S/C22H25NO8/c1-13-8-15(18(24)6-7-21(25)30-5)9-14(2)22(13)31-12-16-10-19(28-3)20(29-4)11-17(16)23(26)27/h8-11H,6-7,12H2,1-5H3. The van der Waals surface area contributed by atoms with Crippen LogP contribution in [-0.4, -0.2) is 38.0 Å². The molecule has 0 radical (unpaired) electrons. The van der Waals surface area contributed by atoms with E-state index in [1.807, 2.05) is 0 Å². The van der Waals surface area contributed by atoms with Crippen molar-refractivity contribution in [3.05, 3.63) is 56.6 Å². The van der Waals surface area contributed by atoms with Crippen molar-refractivity contribution in [1.29, 1.82) is 0 Å². The minimum atomic E-state index is -0.510. The van der Waals surface area contributed by atoms with Crippen LogP contribution in [0.4, 0.5) is 5.69 Å². The van der Waals surface area contributed by atoms with E-state index in [2.05, 4.69) is 4.74 Å². The van der Waals surface area contributed by atoms with Crippen LogP contribution in [0.1, 0.15) is 39.9 Å². The maximum Gasteiger partial charge on any atom is 0.305 e. The summed E-state index contributed by atoms with van der Waals surface area (Å²) in [4.78, 5) is 34.6. The second-order valence-electron chi connectivity index (χ2n) is 6.82. The van der Waals surface area contributed by atoms with E-state index >= 15 is 0 Å². The zero-order valence-corrected chi connectivity index (χ0v) is 18.1. The van der Waals surface area contributed by atoms with E-state index in [0.717, 1.165) is 0 Å². The highest BCUT2D eigenvalue weighted by molar-refractivity contribution is 5.98. The molecule has 0 amide bonds. The molecule has 0 aliphatic heterocycles. The zero-order chi connectivity index (χ0) is 23.1. The van der Waals surface area contributed by atoms with Crippen LogP contribution < -0.4 is 14.2 Å². The minimum absolute atomic E-state index is 0.00858. The Balaban J connectivity index is 2.25. The largest absolute Gasteiger partial charge is 0.493 e. The van der Waals surface area contributed by atoms with Gasteiger partial charge in [0.2, 0.25) is 0 Å². The molecule has 9 heteroatoms. The Kier molecular flexibility index (Phi) is 7.95. The van der Waals surface area contributed by atoms with Crippen LogP contribution in [0.15, 0.2) is 24.3 Å². The highest BCUT2D eigenvalue weighted by Crippen LogP contribution is 2.35. The predicted molar refractivity (Wildman–Crippen MR) is 112 cm³/mol. The van der Waals surface area contributed by atoms with Gasteiger partial charge in [0, 0.05) is 12.0 Å². The van der Waals surface area contributed by atoms with Crippen LogP contribution in [0.2, 0.25) is 0 Å². The Labute approximate surface area is 180 Å². The molecule has 0 spiro atoms. The summed E-state index contributed by atoms with van der Waals surface area (Å²) in [6, 6.07) is 6.14. The molecule has 2 aromatic rings. The van der Waals surface area contributed by atoms with Gasteiger partial charge in [-0.15, -0.1) is 0 Å². The number of nitro groups is 1. The van der Waals surface area contributed by atoms with Crippen molar-refractivity contribution in [3.8, 4) is 17.2 Å². The van der Waals surface area contributed by atoms with Crippen molar-refractivity contribution in [2.75, 3.05) is 21.3 Å². The summed E-state index contributed by atoms with van der Waals surface area (Å²) < 4.78 is 20.8. The first-order valence-electron chi connectivity index (χ1n) is 9.45. The van der Waals surface area contributed by atoms with Crippen LogP contribution in [0.3, 0.4) is 0 Å². The molecular formula is C22H25NO8. The molecule has 0 fully saturated rings. The number of rotatable bonds is 10. The minimum Gasteiger partial charge on any atom is -0.493 e. The number of methoxy groups -OCH3 is 3. The second-order valence-corrected chi connectivity index (χ2v) is 6.82. The van der Waals surface area contributed by atoms with Crippen molar-refractivity contribution < 1.29 is 33.5 Å². The van der Waals surface area contributed by atoms with Crippen molar-refractivity contribution in [3.63, 3.8) is 0 Å². The Morgan fingerprint density at radius 1 is 0.935 bits per heavy atom. The number of benzene rings is 2. The first kappa shape index (κ1) is 23.7. The lowest BCUT2D eigenvalue weighted by molar-refractivity contribution is -0.385. The van der Waals surface area contributed by atoms with Gasteiger partial charge < -0.3 is 18.9 Å². The van der Waals surface area contributed by atoms with Gasteiger partial charge in [-0.3, -0.25) is 19.7 Å². The summed E-state index contributed by atoms with van der Waals surface area (Å²) in [5.41, 5.74) is 2.03. The predicted octanol–water partition coefficient (Wildman–Crippen LogP) is 3.94. The van der Waals surface area contributed by atoms with E-state index in [9.17, 15) is 19.7 Å². The number of nitro benzene ring substituents is 1. The van der Waals surface area contributed by atoms with E-state index in [1.165, 1.54) is 33.5 Å². The Morgan fingerprint density at radius 2 is 1.52 bits per heavy atom. The number of esters is 1. The van der Waals surface area contributed by atoms with Gasteiger partial charge in [-0.25, -0.2) is 0 Å². The second kappa shape index (κ2) is 10.4. The van der Waals surface area contributed by atoms with Gasteiger partial charge in [0.1, 0.15) is 12.4 Å². The molecule has 0 saturated heterocycles. The summed E-state index contributed by atoms with van der Waals surface area (Å²) in [5, 5.41) is 11.5. The summed E-state index contributed by atoms with van der Waals surface area (Å²) in [6.45, 7) is 3.48. The van der Waals surface area contributed by atoms with Crippen LogP contribution in [0.25, 0.3) is 0 Å². The van der Waals surface area contributed by atoms with Crippen LogP contribution >= 0.6 is 0 Å². The lowest BCUT2D eigenvalue weighted by Crippen LogP contribution is -2.08. The Bertz CT molecular complexity index is 976. The molecule has 0 N–H and O–H groups in total. The maximum absolute atomic E-state index is 12.4. The number of aryl methyl sites for hydroxylation is 2. The molecule has 0 saturated carbocycles. The maximum atomic E-state index is 12.4. The molecule has 2 rings (SSSR count). The molecule has 0 heterocycles. The molecule has 0 bridgehead atoms. The molecule has 0 aliphatic rings. The average molecular weight is 431 g/mol. The third kappa shape index (κ3) is 5.71. The van der Waals surface area contributed by atoms with Crippen LogP contribution in [0, 0.1) is 24.0 Å². The Morgan fingerprint density at radius 3 is 2.03 bits per heavy atom. The number of hydrogen-bond donors (Lipinski definition) is 0. The number of nitrogens with zero attached hydrogens (tertiary/aromatic N) is 1. The number of Topliss-reactive ketones (excluding diaryl/α,β-unsaturated/α-hetero) is 1. The molecule has 0 unspecified atom stereocenters. The number of ether oxygens (including phenoxy) is 4. The number of hydrogen-bond acceptors (Lipinski definition) is 8. The highest BCUT2D eigenvalue weighted by atomic mass is 16.6. The van der Waals surface area contributed by atoms with Crippen molar-refractivity contribution in [2.24, 2.45) is 0 Å². The van der Waals surface area contributed by atoms with E-state index in [-0.39, 0.29) is 36.7 Å². The zero-order valence-electron chi connectivity index (χ0n) is 18.1. The fraction of sp³-hybridized carbons (Fsp3) is 0.364. The van der Waals surface area contributed by atoms with E-state index in [0.29, 0.717) is 33.8 Å². The SMILES string of the molecule is COC(=O)CCC(=O)c1cc(C)c(OCc2cc(OC)c(OC)cc2[N+](=O)[O-])c(C)c1. The molecule has 31 heavy (non-hydrogen) atoms. The fourth-order valence-corrected chi connectivity index (χ4v) is 3.15. The lowest BCUT2D eigenvalue weighted by Gasteiger charge is -2.15. The van der Waals surface area contributed by atoms with Gasteiger partial charge in [0.15, 0.2) is 17.3 Å². The van der Waals surface area contributed by atoms with Gasteiger partial charge >= 0.3 is 5.97 Å². The monoisotopic (exact) mass is 431 g/mol. The Hall–Kier alpha value is -3.62. The molecule has 166 valence electrons. The van der Waals surface area contributed by atoms with Crippen LogP contribution in [-0.2, 0) is 16.1 Å². The van der Waals surface area contributed by atoms with Gasteiger partial charge in [0.05, 0.1) is 44.3 Å². The van der Waals surface area contributed by atoms with E-state index in [4.69, 9.17) is 14.2 Å². The molecular weight excluding hydrogens is 406 g/mol. The molecule has 0 aliphatic carbocycles. The quantitative estimate of drug-likeness (QED) is 0.240. The summed E-state index contributed by atoms with van der Waals surface area (Å²) in [5.74, 6) is 0.498. The lowest BCUT2D eigenvalue weighted by atomic mass is 10.0. The third-order valence-corrected chi connectivity index (χ3v) is 4.72. The first-order valence-corrected chi connectivity index (χ1v) is 9.45. The first-order chi connectivity index (χ1) is 14.7. The van der Waals surface area contributed by atoms with Crippen molar-refractivity contribution in [1.82, 2.24) is 0 Å². The average Bonchev–Trinajstić information content (AvgIpc) is 2.75. The normalized spacial score (nSPS) is 10.4. The van der Waals surface area contributed by atoms with Gasteiger partial charge in [0.25, 0.3) is 5.69 Å². The van der Waals surface area contributed by atoms with Crippen LogP contribution in [0.5, 0.6) is 17.2 Å². The smallest absolute Gasteiger partial charge is 0.305 e. The number of carbonyl (C=O) groups excluding carboxylic acids is 2. The topological polar surface area (TPSA) is 114 Å². The highest BCUT2D eigenvalue weighted by Gasteiger charge is 2.21. The van der Waals surface area contributed by atoms with Gasteiger partial charge in [-0.1, -0.05) is 0 Å². The molecule has 9 nitrogen and oxygen atoms in total. The summed E-state index contributed by atoms with van der Waals surface area (Å²) in [6.07, 6.45) is 0.0538. The van der Waals surface area contributed by atoms with Gasteiger partial charge in [-0.2, -0.15) is 0 Å². The van der Waals surface area contributed by atoms with E-state index < -0.39 is 10.9 Å². The van der Waals surface area contributed by atoms with Gasteiger partial charge in [-0.05, 0) is 43.2 Å². The van der Waals surface area contributed by atoms with E-state index in [1.54, 1.807) is 26.0 Å².